The SMILES string of the molecule is CC(C)(C)CC(=O)NC(CF)C(=O)O. The monoisotopic (exact) mass is 205 g/mol. The number of carboxylic acid groups (broad SMARTS) is 1. The Balaban J connectivity index is 4.11. The van der Waals surface area contributed by atoms with Gasteiger partial charge in [0.2, 0.25) is 5.91 Å². The third-order valence-electron chi connectivity index (χ3n) is 1.48. The highest BCUT2D eigenvalue weighted by Gasteiger charge is 2.22. The standard InChI is InChI=1S/C9H16FNO3/c1-9(2,3)4-7(12)11-6(5-10)8(13)14/h6H,4-5H2,1-3H3,(H,11,12)(H,13,14). The fraction of sp³-hybridized carbons (Fsp3) is 0.778. The zero-order valence-electron chi connectivity index (χ0n) is 8.63. The lowest BCUT2D eigenvalue weighted by Crippen LogP contribution is -2.43. The molecule has 1 amide bonds. The maximum absolute atomic E-state index is 12.1. The van der Waals surface area contributed by atoms with Crippen molar-refractivity contribution in [1.29, 1.82) is 0 Å². The Morgan fingerprint density at radius 1 is 1.43 bits per heavy atom. The van der Waals surface area contributed by atoms with Crippen LogP contribution in [0.3, 0.4) is 0 Å². The summed E-state index contributed by atoms with van der Waals surface area (Å²) in [6.07, 6.45) is 0.177. The van der Waals surface area contributed by atoms with Gasteiger partial charge in [-0.1, -0.05) is 20.8 Å². The topological polar surface area (TPSA) is 66.4 Å². The number of halogens is 1. The Morgan fingerprint density at radius 2 is 1.93 bits per heavy atom. The van der Waals surface area contributed by atoms with Crippen molar-refractivity contribution in [1.82, 2.24) is 5.32 Å². The molecule has 0 bridgehead atoms. The number of nitrogens with one attached hydrogen (secondary N) is 1. The van der Waals surface area contributed by atoms with Crippen molar-refractivity contribution in [3.63, 3.8) is 0 Å². The van der Waals surface area contributed by atoms with Crippen LogP contribution in [0.15, 0.2) is 0 Å². The summed E-state index contributed by atoms with van der Waals surface area (Å²) < 4.78 is 12.1. The average molecular weight is 205 g/mol. The van der Waals surface area contributed by atoms with Crippen molar-refractivity contribution >= 4 is 11.9 Å². The Kier molecular flexibility index (Phi) is 4.53. The van der Waals surface area contributed by atoms with Crippen LogP contribution in [0.4, 0.5) is 4.39 Å². The predicted octanol–water partition coefficient (Wildman–Crippen LogP) is 0.962. The molecule has 0 aliphatic carbocycles. The van der Waals surface area contributed by atoms with Gasteiger partial charge in [0.25, 0.3) is 0 Å². The Labute approximate surface area is 82.5 Å². The van der Waals surface area contributed by atoms with E-state index in [9.17, 15) is 14.0 Å². The fourth-order valence-electron chi connectivity index (χ4n) is 0.893. The molecular formula is C9H16FNO3. The molecule has 2 N–H and O–H groups in total. The molecule has 0 aliphatic heterocycles. The summed E-state index contributed by atoms with van der Waals surface area (Å²) in [4.78, 5) is 21.6. The minimum atomic E-state index is -1.43. The summed E-state index contributed by atoms with van der Waals surface area (Å²) in [5, 5.41) is 10.6. The van der Waals surface area contributed by atoms with Crippen molar-refractivity contribution in [3.05, 3.63) is 0 Å². The fourth-order valence-corrected chi connectivity index (χ4v) is 0.893. The predicted molar refractivity (Wildman–Crippen MR) is 49.6 cm³/mol. The van der Waals surface area contributed by atoms with Crippen LogP contribution in [-0.2, 0) is 9.59 Å². The quantitative estimate of drug-likeness (QED) is 0.718. The first-order valence-electron chi connectivity index (χ1n) is 4.34. The molecule has 0 fully saturated rings. The zero-order valence-corrected chi connectivity index (χ0v) is 8.63. The van der Waals surface area contributed by atoms with E-state index in [0.29, 0.717) is 0 Å². The van der Waals surface area contributed by atoms with Gasteiger partial charge in [-0.25, -0.2) is 9.18 Å². The molecule has 0 rings (SSSR count). The highest BCUT2D eigenvalue weighted by atomic mass is 19.1. The minimum absolute atomic E-state index is 0.177. The lowest BCUT2D eigenvalue weighted by Gasteiger charge is -2.18. The van der Waals surface area contributed by atoms with Gasteiger partial charge < -0.3 is 10.4 Å². The third-order valence-corrected chi connectivity index (χ3v) is 1.48. The minimum Gasteiger partial charge on any atom is -0.480 e. The van der Waals surface area contributed by atoms with Gasteiger partial charge in [0, 0.05) is 6.42 Å². The summed E-state index contributed by atoms with van der Waals surface area (Å²) >= 11 is 0. The average Bonchev–Trinajstić information content (AvgIpc) is 1.96. The van der Waals surface area contributed by atoms with Gasteiger partial charge in [-0.15, -0.1) is 0 Å². The molecule has 0 saturated carbocycles. The number of alkyl halides is 1. The van der Waals surface area contributed by atoms with Crippen molar-refractivity contribution in [3.8, 4) is 0 Å². The number of hydrogen-bond donors (Lipinski definition) is 2. The Hall–Kier alpha value is -1.13. The molecular weight excluding hydrogens is 189 g/mol. The number of carbonyl (C=O) groups is 2. The number of rotatable bonds is 4. The van der Waals surface area contributed by atoms with E-state index < -0.39 is 24.6 Å². The molecule has 0 aliphatic rings. The summed E-state index contributed by atoms with van der Waals surface area (Å²) in [7, 11) is 0. The first-order chi connectivity index (χ1) is 6.26. The van der Waals surface area contributed by atoms with Crippen molar-refractivity contribution in [2.45, 2.75) is 33.2 Å². The van der Waals surface area contributed by atoms with E-state index in [1.807, 2.05) is 20.8 Å². The molecule has 5 heteroatoms. The molecule has 0 aromatic heterocycles. The van der Waals surface area contributed by atoms with E-state index >= 15 is 0 Å². The zero-order chi connectivity index (χ0) is 11.4. The highest BCUT2D eigenvalue weighted by Crippen LogP contribution is 2.17. The second-order valence-electron chi connectivity index (χ2n) is 4.35. The van der Waals surface area contributed by atoms with Crippen LogP contribution in [-0.4, -0.2) is 29.7 Å². The second kappa shape index (κ2) is 4.93. The van der Waals surface area contributed by atoms with Crippen LogP contribution in [0.1, 0.15) is 27.2 Å². The molecule has 82 valence electrons. The van der Waals surface area contributed by atoms with Crippen molar-refractivity contribution in [2.75, 3.05) is 6.67 Å². The van der Waals surface area contributed by atoms with Crippen LogP contribution < -0.4 is 5.32 Å². The summed E-state index contributed by atoms with van der Waals surface area (Å²) in [6.45, 7) is 4.44. The van der Waals surface area contributed by atoms with Crippen molar-refractivity contribution in [2.24, 2.45) is 5.41 Å². The maximum atomic E-state index is 12.1. The van der Waals surface area contributed by atoms with E-state index in [2.05, 4.69) is 5.32 Å². The smallest absolute Gasteiger partial charge is 0.328 e. The van der Waals surface area contributed by atoms with E-state index in [4.69, 9.17) is 5.11 Å². The van der Waals surface area contributed by atoms with Gasteiger partial charge in [0.15, 0.2) is 6.04 Å². The normalized spacial score (nSPS) is 13.4. The lowest BCUT2D eigenvalue weighted by atomic mass is 9.92. The summed E-state index contributed by atoms with van der Waals surface area (Å²) in [5.74, 6) is -1.79. The van der Waals surface area contributed by atoms with E-state index in [1.54, 1.807) is 0 Å². The van der Waals surface area contributed by atoms with Gasteiger partial charge in [0.05, 0.1) is 0 Å². The second-order valence-corrected chi connectivity index (χ2v) is 4.35. The molecule has 0 spiro atoms. The molecule has 14 heavy (non-hydrogen) atoms. The van der Waals surface area contributed by atoms with E-state index in [1.165, 1.54) is 0 Å². The van der Waals surface area contributed by atoms with Gasteiger partial charge in [-0.05, 0) is 5.41 Å². The van der Waals surface area contributed by atoms with Crippen LogP contribution in [0, 0.1) is 5.41 Å². The van der Waals surface area contributed by atoms with Gasteiger partial charge in [-0.3, -0.25) is 4.79 Å². The lowest BCUT2D eigenvalue weighted by molar-refractivity contribution is -0.142. The molecule has 0 aromatic carbocycles. The largest absolute Gasteiger partial charge is 0.480 e. The van der Waals surface area contributed by atoms with Crippen LogP contribution in [0.2, 0.25) is 0 Å². The molecule has 1 atom stereocenters. The Bertz CT molecular complexity index is 223. The van der Waals surface area contributed by atoms with Crippen LogP contribution in [0.25, 0.3) is 0 Å². The molecule has 1 unspecified atom stereocenters. The third kappa shape index (κ3) is 5.50. The number of carbonyl (C=O) groups excluding carboxylic acids is 1. The first-order valence-corrected chi connectivity index (χ1v) is 4.34. The van der Waals surface area contributed by atoms with Crippen LogP contribution in [0.5, 0.6) is 0 Å². The Morgan fingerprint density at radius 3 is 2.21 bits per heavy atom. The first kappa shape index (κ1) is 12.9. The van der Waals surface area contributed by atoms with Gasteiger partial charge >= 0.3 is 5.97 Å². The summed E-state index contributed by atoms with van der Waals surface area (Å²) in [6, 6.07) is -1.43. The van der Waals surface area contributed by atoms with E-state index in [-0.39, 0.29) is 11.8 Å². The van der Waals surface area contributed by atoms with Crippen molar-refractivity contribution < 1.29 is 19.1 Å². The molecule has 0 aromatic rings. The number of amides is 1. The molecule has 0 radical (unpaired) electrons. The van der Waals surface area contributed by atoms with E-state index in [0.717, 1.165) is 0 Å². The number of hydrogen-bond acceptors (Lipinski definition) is 2. The number of aliphatic carboxylic acids is 1. The highest BCUT2D eigenvalue weighted by molar-refractivity contribution is 5.83. The molecule has 4 nitrogen and oxygen atoms in total. The number of carboxylic acids is 1. The van der Waals surface area contributed by atoms with Gasteiger partial charge in [-0.2, -0.15) is 0 Å². The molecule has 0 heterocycles. The summed E-state index contributed by atoms with van der Waals surface area (Å²) in [5.41, 5.74) is -0.233. The van der Waals surface area contributed by atoms with Gasteiger partial charge in [0.1, 0.15) is 6.67 Å². The van der Waals surface area contributed by atoms with Crippen LogP contribution >= 0.6 is 0 Å². The molecule has 0 saturated heterocycles. The maximum Gasteiger partial charge on any atom is 0.328 e.